The summed E-state index contributed by atoms with van der Waals surface area (Å²) in [7, 11) is 0. The second-order valence-electron chi connectivity index (χ2n) is 4.02. The first kappa shape index (κ1) is 13.6. The lowest BCUT2D eigenvalue weighted by Gasteiger charge is -2.08. The minimum absolute atomic E-state index is 0.124. The fourth-order valence-electron chi connectivity index (χ4n) is 1.68. The zero-order chi connectivity index (χ0) is 14.4. The standard InChI is InChI=1S/C15H12NO4/c17-14(20-10-11-6-2-1-3-7-11)12-8-4-5-9-13(12)16-15(18)19/h1-9,16H,10H2. The molecule has 0 saturated carbocycles. The van der Waals surface area contributed by atoms with Crippen LogP contribution in [0.3, 0.4) is 0 Å². The molecule has 0 aliphatic heterocycles. The van der Waals surface area contributed by atoms with E-state index in [4.69, 9.17) is 4.74 Å². The Balaban J connectivity index is 2.07. The van der Waals surface area contributed by atoms with Gasteiger partial charge in [0.2, 0.25) is 0 Å². The zero-order valence-corrected chi connectivity index (χ0v) is 10.5. The molecule has 0 unspecified atom stereocenters. The predicted molar refractivity (Wildman–Crippen MR) is 71.7 cm³/mol. The minimum Gasteiger partial charge on any atom is -0.457 e. The van der Waals surface area contributed by atoms with Crippen LogP contribution in [0.2, 0.25) is 0 Å². The molecule has 0 aliphatic rings. The molecule has 1 radical (unpaired) electrons. The SMILES string of the molecule is [O]C(=O)Nc1ccccc1C(=O)OCc1ccccc1. The van der Waals surface area contributed by atoms with Crippen LogP contribution in [0, 0.1) is 0 Å². The van der Waals surface area contributed by atoms with Crippen LogP contribution < -0.4 is 5.32 Å². The van der Waals surface area contributed by atoms with Crippen molar-refractivity contribution in [1.29, 1.82) is 0 Å². The molecule has 5 nitrogen and oxygen atoms in total. The third-order valence-electron chi connectivity index (χ3n) is 2.60. The summed E-state index contributed by atoms with van der Waals surface area (Å²) in [6, 6.07) is 15.4. The number of esters is 1. The molecule has 0 saturated heterocycles. The molecule has 0 bridgehead atoms. The van der Waals surface area contributed by atoms with Crippen molar-refractivity contribution in [3.05, 3.63) is 65.7 Å². The first-order valence-corrected chi connectivity index (χ1v) is 5.95. The number of benzene rings is 2. The van der Waals surface area contributed by atoms with Crippen LogP contribution in [0.5, 0.6) is 0 Å². The van der Waals surface area contributed by atoms with Gasteiger partial charge in [-0.05, 0) is 17.7 Å². The fourth-order valence-corrected chi connectivity index (χ4v) is 1.68. The number of hydrogen-bond acceptors (Lipinski definition) is 3. The lowest BCUT2D eigenvalue weighted by Crippen LogP contribution is -2.12. The Morgan fingerprint density at radius 2 is 1.60 bits per heavy atom. The molecular weight excluding hydrogens is 258 g/mol. The molecule has 0 aromatic heterocycles. The minimum atomic E-state index is -1.48. The molecule has 1 amide bonds. The van der Waals surface area contributed by atoms with E-state index >= 15 is 0 Å². The van der Waals surface area contributed by atoms with Gasteiger partial charge in [-0.1, -0.05) is 42.5 Å². The highest BCUT2D eigenvalue weighted by molar-refractivity contribution is 5.99. The Morgan fingerprint density at radius 1 is 0.950 bits per heavy atom. The van der Waals surface area contributed by atoms with E-state index in [0.717, 1.165) is 5.56 Å². The molecule has 1 N–H and O–H groups in total. The summed E-state index contributed by atoms with van der Waals surface area (Å²) in [5.74, 6) is -0.599. The number of carbonyl (C=O) groups is 2. The molecule has 20 heavy (non-hydrogen) atoms. The smallest absolute Gasteiger partial charge is 0.454 e. The van der Waals surface area contributed by atoms with Crippen molar-refractivity contribution in [2.75, 3.05) is 5.32 Å². The Hall–Kier alpha value is -2.82. The van der Waals surface area contributed by atoms with Crippen LogP contribution in [0.15, 0.2) is 54.6 Å². The van der Waals surface area contributed by atoms with Crippen LogP contribution >= 0.6 is 0 Å². The van der Waals surface area contributed by atoms with Gasteiger partial charge in [-0.2, -0.15) is 0 Å². The molecule has 5 heteroatoms. The maximum absolute atomic E-state index is 11.9. The topological polar surface area (TPSA) is 75.3 Å². The molecule has 2 aromatic carbocycles. The van der Waals surface area contributed by atoms with Crippen molar-refractivity contribution in [2.45, 2.75) is 6.61 Å². The summed E-state index contributed by atoms with van der Waals surface area (Å²) >= 11 is 0. The van der Waals surface area contributed by atoms with Crippen LogP contribution in [-0.2, 0) is 16.5 Å². The van der Waals surface area contributed by atoms with E-state index in [-0.39, 0.29) is 17.9 Å². The average molecular weight is 270 g/mol. The summed E-state index contributed by atoms with van der Waals surface area (Å²) in [6.45, 7) is 0.124. The molecule has 0 aliphatic carbocycles. The number of ether oxygens (including phenoxy) is 1. The lowest BCUT2D eigenvalue weighted by atomic mass is 10.2. The van der Waals surface area contributed by atoms with Crippen molar-refractivity contribution in [3.63, 3.8) is 0 Å². The van der Waals surface area contributed by atoms with Gasteiger partial charge >= 0.3 is 12.1 Å². The second-order valence-corrected chi connectivity index (χ2v) is 4.02. The van der Waals surface area contributed by atoms with Gasteiger partial charge in [-0.15, -0.1) is 0 Å². The third-order valence-corrected chi connectivity index (χ3v) is 2.60. The number of anilines is 1. The van der Waals surface area contributed by atoms with Gasteiger partial charge in [0.25, 0.3) is 0 Å². The van der Waals surface area contributed by atoms with Gasteiger partial charge in [-0.25, -0.2) is 14.7 Å². The van der Waals surface area contributed by atoms with Crippen LogP contribution in [0.4, 0.5) is 10.5 Å². The average Bonchev–Trinajstić information content (AvgIpc) is 2.46. The van der Waals surface area contributed by atoms with Gasteiger partial charge in [-0.3, -0.25) is 5.32 Å². The summed E-state index contributed by atoms with van der Waals surface area (Å²) < 4.78 is 5.14. The predicted octanol–water partition coefficient (Wildman–Crippen LogP) is 3.01. The van der Waals surface area contributed by atoms with Gasteiger partial charge in [0, 0.05) is 0 Å². The van der Waals surface area contributed by atoms with E-state index in [1.807, 2.05) is 30.3 Å². The van der Waals surface area contributed by atoms with Crippen molar-refractivity contribution >= 4 is 17.7 Å². The Morgan fingerprint density at radius 3 is 2.30 bits per heavy atom. The summed E-state index contributed by atoms with van der Waals surface area (Å²) in [4.78, 5) is 22.5. The van der Waals surface area contributed by atoms with Crippen LogP contribution in [0.1, 0.15) is 15.9 Å². The van der Waals surface area contributed by atoms with E-state index in [0.29, 0.717) is 0 Å². The second kappa shape index (κ2) is 6.38. The highest BCUT2D eigenvalue weighted by atomic mass is 16.5. The van der Waals surface area contributed by atoms with E-state index in [1.54, 1.807) is 12.1 Å². The third kappa shape index (κ3) is 3.58. The normalized spacial score (nSPS) is 9.80. The highest BCUT2D eigenvalue weighted by Gasteiger charge is 2.14. The van der Waals surface area contributed by atoms with E-state index < -0.39 is 12.1 Å². The molecular formula is C15H12NO4. The summed E-state index contributed by atoms with van der Waals surface area (Å²) in [5, 5.41) is 12.6. The number of para-hydroxylation sites is 1. The number of nitrogens with one attached hydrogen (secondary N) is 1. The van der Waals surface area contributed by atoms with E-state index in [2.05, 4.69) is 5.32 Å². The molecule has 0 atom stereocenters. The number of hydrogen-bond donors (Lipinski definition) is 1. The number of carbonyl (C=O) groups excluding carboxylic acids is 2. The molecule has 101 valence electrons. The Labute approximate surface area is 115 Å². The highest BCUT2D eigenvalue weighted by Crippen LogP contribution is 2.17. The maximum atomic E-state index is 11.9. The largest absolute Gasteiger partial charge is 0.457 e. The molecule has 2 rings (SSSR count). The van der Waals surface area contributed by atoms with Crippen LogP contribution in [0.25, 0.3) is 0 Å². The first-order chi connectivity index (χ1) is 9.66. The van der Waals surface area contributed by atoms with Crippen molar-refractivity contribution in [2.24, 2.45) is 0 Å². The molecule has 0 fully saturated rings. The van der Waals surface area contributed by atoms with Gasteiger partial charge in [0.05, 0.1) is 11.3 Å². The quantitative estimate of drug-likeness (QED) is 0.868. The molecule has 2 aromatic rings. The van der Waals surface area contributed by atoms with Crippen molar-refractivity contribution in [3.8, 4) is 0 Å². The fraction of sp³-hybridized carbons (Fsp3) is 0.0667. The van der Waals surface area contributed by atoms with E-state index in [9.17, 15) is 14.7 Å². The molecule has 0 heterocycles. The monoisotopic (exact) mass is 270 g/mol. The summed E-state index contributed by atoms with van der Waals surface area (Å²) in [5.41, 5.74) is 1.14. The number of rotatable bonds is 4. The van der Waals surface area contributed by atoms with Crippen molar-refractivity contribution in [1.82, 2.24) is 0 Å². The maximum Gasteiger partial charge on any atom is 0.454 e. The van der Waals surface area contributed by atoms with E-state index in [1.165, 1.54) is 12.1 Å². The van der Waals surface area contributed by atoms with Crippen LogP contribution in [-0.4, -0.2) is 12.1 Å². The number of amides is 1. The molecule has 0 spiro atoms. The van der Waals surface area contributed by atoms with Gasteiger partial charge in [0.15, 0.2) is 0 Å². The Bertz CT molecular complexity index is 610. The van der Waals surface area contributed by atoms with Crippen molar-refractivity contribution < 1.29 is 19.4 Å². The Kier molecular flexibility index (Phi) is 4.34. The van der Waals surface area contributed by atoms with Gasteiger partial charge < -0.3 is 4.74 Å². The van der Waals surface area contributed by atoms with Gasteiger partial charge in [0.1, 0.15) is 6.61 Å². The zero-order valence-electron chi connectivity index (χ0n) is 10.5. The first-order valence-electron chi connectivity index (χ1n) is 5.95. The lowest BCUT2D eigenvalue weighted by molar-refractivity contribution is 0.0474. The summed E-state index contributed by atoms with van der Waals surface area (Å²) in [6.07, 6.45) is -1.48.